The second-order valence-electron chi connectivity index (χ2n) is 6.83. The van der Waals surface area contributed by atoms with Gasteiger partial charge in [-0.1, -0.05) is 13.0 Å². The van der Waals surface area contributed by atoms with E-state index in [2.05, 4.69) is 12.2 Å². The van der Waals surface area contributed by atoms with Crippen molar-refractivity contribution in [3.8, 4) is 11.5 Å². The zero-order valence-corrected chi connectivity index (χ0v) is 15.3. The van der Waals surface area contributed by atoms with Gasteiger partial charge in [-0.05, 0) is 48.4 Å². The first-order valence-corrected chi connectivity index (χ1v) is 9.45. The quantitative estimate of drug-likeness (QED) is 0.863. The van der Waals surface area contributed by atoms with Crippen molar-refractivity contribution in [3.05, 3.63) is 39.8 Å². The number of anilines is 1. The topological polar surface area (TPSA) is 90.7 Å². The first-order chi connectivity index (χ1) is 12.5. The van der Waals surface area contributed by atoms with Crippen molar-refractivity contribution in [2.75, 3.05) is 12.1 Å². The standard InChI is InChI=1S/C19H20N2O4S/c1-10-2-4-12-15(6-10)26-19(17(12)18(20)23)21-16(22)8-11-3-5-13-14(7-11)25-9-24-13/h3,5,7,10H,2,4,6,8-9H2,1H3,(H2,20,23)(H,21,22). The molecule has 1 aromatic heterocycles. The minimum Gasteiger partial charge on any atom is -0.454 e. The summed E-state index contributed by atoms with van der Waals surface area (Å²) in [6.45, 7) is 2.40. The molecule has 3 N–H and O–H groups in total. The van der Waals surface area contributed by atoms with Crippen LogP contribution in [-0.4, -0.2) is 18.6 Å². The lowest BCUT2D eigenvalue weighted by Crippen LogP contribution is -2.20. The molecule has 2 amide bonds. The number of benzene rings is 1. The van der Waals surface area contributed by atoms with Crippen molar-refractivity contribution in [2.24, 2.45) is 11.7 Å². The number of primary amides is 1. The normalized spacial score (nSPS) is 17.7. The van der Waals surface area contributed by atoms with E-state index in [0.29, 0.717) is 28.0 Å². The number of nitrogens with two attached hydrogens (primary N) is 1. The van der Waals surface area contributed by atoms with Gasteiger partial charge in [0.15, 0.2) is 11.5 Å². The molecule has 136 valence electrons. The van der Waals surface area contributed by atoms with E-state index in [1.54, 1.807) is 12.1 Å². The molecule has 1 aliphatic heterocycles. The van der Waals surface area contributed by atoms with Crippen LogP contribution < -0.4 is 20.5 Å². The van der Waals surface area contributed by atoms with E-state index >= 15 is 0 Å². The Morgan fingerprint density at radius 3 is 2.92 bits per heavy atom. The third kappa shape index (κ3) is 3.14. The minimum atomic E-state index is -0.476. The summed E-state index contributed by atoms with van der Waals surface area (Å²) in [5.41, 5.74) is 7.91. The van der Waals surface area contributed by atoms with Gasteiger partial charge in [0.25, 0.3) is 5.91 Å². The van der Waals surface area contributed by atoms with Crippen LogP contribution in [0.5, 0.6) is 11.5 Å². The molecule has 0 saturated heterocycles. The monoisotopic (exact) mass is 372 g/mol. The Kier molecular flexibility index (Phi) is 4.32. The van der Waals surface area contributed by atoms with Gasteiger partial charge in [0, 0.05) is 4.88 Å². The van der Waals surface area contributed by atoms with Gasteiger partial charge in [0.05, 0.1) is 12.0 Å². The molecular weight excluding hydrogens is 352 g/mol. The van der Waals surface area contributed by atoms with Crippen molar-refractivity contribution in [1.82, 2.24) is 0 Å². The molecule has 0 spiro atoms. The SMILES string of the molecule is CC1CCc2c(sc(NC(=O)Cc3ccc4c(c3)OCO4)c2C(N)=O)C1. The van der Waals surface area contributed by atoms with Gasteiger partial charge in [-0.15, -0.1) is 11.3 Å². The van der Waals surface area contributed by atoms with Crippen LogP contribution in [0.15, 0.2) is 18.2 Å². The molecule has 26 heavy (non-hydrogen) atoms. The Morgan fingerprint density at radius 1 is 1.31 bits per heavy atom. The van der Waals surface area contributed by atoms with Crippen molar-refractivity contribution in [2.45, 2.75) is 32.6 Å². The van der Waals surface area contributed by atoms with Gasteiger partial charge in [-0.2, -0.15) is 0 Å². The fraction of sp³-hybridized carbons (Fsp3) is 0.368. The first-order valence-electron chi connectivity index (χ1n) is 8.64. The van der Waals surface area contributed by atoms with Gasteiger partial charge < -0.3 is 20.5 Å². The molecule has 6 nitrogen and oxygen atoms in total. The lowest BCUT2D eigenvalue weighted by molar-refractivity contribution is -0.115. The number of carbonyl (C=O) groups excluding carboxylic acids is 2. The van der Waals surface area contributed by atoms with Crippen molar-refractivity contribution < 1.29 is 19.1 Å². The smallest absolute Gasteiger partial charge is 0.251 e. The average Bonchev–Trinajstić information content (AvgIpc) is 3.17. The maximum Gasteiger partial charge on any atom is 0.251 e. The van der Waals surface area contributed by atoms with Crippen LogP contribution in [0.2, 0.25) is 0 Å². The fourth-order valence-electron chi connectivity index (χ4n) is 3.51. The summed E-state index contributed by atoms with van der Waals surface area (Å²) < 4.78 is 10.6. The van der Waals surface area contributed by atoms with E-state index in [1.807, 2.05) is 6.07 Å². The Morgan fingerprint density at radius 2 is 2.12 bits per heavy atom. The minimum absolute atomic E-state index is 0.182. The Bertz CT molecular complexity index is 890. The summed E-state index contributed by atoms with van der Waals surface area (Å²) in [6.07, 6.45) is 2.99. The van der Waals surface area contributed by atoms with Crippen LogP contribution >= 0.6 is 11.3 Å². The lowest BCUT2D eigenvalue weighted by Gasteiger charge is -2.18. The summed E-state index contributed by atoms with van der Waals surface area (Å²) in [6, 6.07) is 5.44. The van der Waals surface area contributed by atoms with E-state index in [0.717, 1.165) is 35.3 Å². The predicted octanol–water partition coefficient (Wildman–Crippen LogP) is 2.88. The number of carbonyl (C=O) groups is 2. The molecule has 1 unspecified atom stereocenters. The molecule has 0 fully saturated rings. The number of amides is 2. The third-order valence-electron chi connectivity index (χ3n) is 4.81. The van der Waals surface area contributed by atoms with Gasteiger partial charge in [0.2, 0.25) is 12.7 Å². The van der Waals surface area contributed by atoms with Crippen molar-refractivity contribution in [3.63, 3.8) is 0 Å². The predicted molar refractivity (Wildman–Crippen MR) is 98.9 cm³/mol. The van der Waals surface area contributed by atoms with Crippen LogP contribution in [0.25, 0.3) is 0 Å². The summed E-state index contributed by atoms with van der Waals surface area (Å²) in [5.74, 6) is 1.26. The summed E-state index contributed by atoms with van der Waals surface area (Å²) in [5, 5.41) is 3.46. The molecule has 2 heterocycles. The number of thiophene rings is 1. The number of ether oxygens (including phenoxy) is 2. The number of hydrogen-bond acceptors (Lipinski definition) is 5. The lowest BCUT2D eigenvalue weighted by atomic mass is 9.88. The summed E-state index contributed by atoms with van der Waals surface area (Å²) >= 11 is 1.48. The fourth-order valence-corrected chi connectivity index (χ4v) is 4.94. The maximum absolute atomic E-state index is 12.5. The Hall–Kier alpha value is -2.54. The number of rotatable bonds is 4. The van der Waals surface area contributed by atoms with E-state index in [9.17, 15) is 9.59 Å². The largest absolute Gasteiger partial charge is 0.454 e. The van der Waals surface area contributed by atoms with Crippen LogP contribution in [0.3, 0.4) is 0 Å². The average molecular weight is 372 g/mol. The van der Waals surface area contributed by atoms with Crippen LogP contribution in [0.4, 0.5) is 5.00 Å². The molecule has 7 heteroatoms. The summed E-state index contributed by atoms with van der Waals surface area (Å²) in [4.78, 5) is 25.6. The number of fused-ring (bicyclic) bond motifs is 2. The molecule has 2 aromatic rings. The molecule has 1 aliphatic carbocycles. The Labute approximate surface area is 155 Å². The second kappa shape index (κ2) is 6.64. The van der Waals surface area contributed by atoms with E-state index in [1.165, 1.54) is 11.3 Å². The van der Waals surface area contributed by atoms with E-state index < -0.39 is 5.91 Å². The first kappa shape index (κ1) is 16.9. The highest BCUT2D eigenvalue weighted by atomic mass is 32.1. The van der Waals surface area contributed by atoms with E-state index in [-0.39, 0.29) is 19.1 Å². The van der Waals surface area contributed by atoms with Crippen molar-refractivity contribution in [1.29, 1.82) is 0 Å². The highest BCUT2D eigenvalue weighted by Crippen LogP contribution is 2.39. The molecule has 2 aliphatic rings. The van der Waals surface area contributed by atoms with Crippen LogP contribution in [-0.2, 0) is 24.1 Å². The summed E-state index contributed by atoms with van der Waals surface area (Å²) in [7, 11) is 0. The highest BCUT2D eigenvalue weighted by molar-refractivity contribution is 7.17. The molecule has 4 rings (SSSR count). The van der Waals surface area contributed by atoms with Gasteiger partial charge >= 0.3 is 0 Å². The maximum atomic E-state index is 12.5. The zero-order valence-electron chi connectivity index (χ0n) is 14.5. The number of nitrogens with one attached hydrogen (secondary N) is 1. The highest BCUT2D eigenvalue weighted by Gasteiger charge is 2.27. The second-order valence-corrected chi connectivity index (χ2v) is 7.94. The molecular formula is C19H20N2O4S. The van der Waals surface area contributed by atoms with Gasteiger partial charge in [-0.25, -0.2) is 0 Å². The third-order valence-corrected chi connectivity index (χ3v) is 5.98. The van der Waals surface area contributed by atoms with Gasteiger partial charge in [0.1, 0.15) is 5.00 Å². The zero-order chi connectivity index (χ0) is 18.3. The molecule has 1 aromatic carbocycles. The van der Waals surface area contributed by atoms with Crippen LogP contribution in [0, 0.1) is 5.92 Å². The molecule has 0 bridgehead atoms. The van der Waals surface area contributed by atoms with Gasteiger partial charge in [-0.3, -0.25) is 9.59 Å². The van der Waals surface area contributed by atoms with Crippen LogP contribution in [0.1, 0.15) is 39.7 Å². The Balaban J connectivity index is 1.53. The molecule has 1 atom stereocenters. The molecule has 0 saturated carbocycles. The van der Waals surface area contributed by atoms with E-state index in [4.69, 9.17) is 15.2 Å². The van der Waals surface area contributed by atoms with Crippen molar-refractivity contribution >= 4 is 28.2 Å². The number of hydrogen-bond donors (Lipinski definition) is 2. The molecule has 0 radical (unpaired) electrons.